The number of aryl methyl sites for hydroxylation is 1. The molecule has 17 heavy (non-hydrogen) atoms. The Morgan fingerprint density at radius 3 is 2.06 bits per heavy atom. The highest BCUT2D eigenvalue weighted by molar-refractivity contribution is 6.23. The number of aliphatic hydroxyl groups is 1. The molecule has 0 saturated carbocycles. The van der Waals surface area contributed by atoms with Crippen LogP contribution in [-0.2, 0) is 9.59 Å². The Morgan fingerprint density at radius 1 is 1.12 bits per heavy atom. The summed E-state index contributed by atoms with van der Waals surface area (Å²) in [6.07, 6.45) is 0. The Kier molecular flexibility index (Phi) is 3.68. The van der Waals surface area contributed by atoms with Crippen LogP contribution in [0.3, 0.4) is 0 Å². The molecule has 0 atom stereocenters. The van der Waals surface area contributed by atoms with E-state index in [4.69, 9.17) is 0 Å². The number of hydrogen-bond acceptors (Lipinski definition) is 4. The summed E-state index contributed by atoms with van der Waals surface area (Å²) in [4.78, 5) is 22.6. The van der Waals surface area contributed by atoms with Gasteiger partial charge in [-0.3, -0.25) is 9.59 Å². The van der Waals surface area contributed by atoms with E-state index in [-0.39, 0.29) is 16.9 Å². The molecule has 4 nitrogen and oxygen atoms in total. The quantitative estimate of drug-likeness (QED) is 0.363. The van der Waals surface area contributed by atoms with Crippen LogP contribution in [0.4, 0.5) is 0 Å². The summed E-state index contributed by atoms with van der Waals surface area (Å²) in [6.45, 7) is 4.06. The van der Waals surface area contributed by atoms with Crippen LogP contribution in [0.2, 0.25) is 0 Å². The van der Waals surface area contributed by atoms with E-state index in [1.807, 2.05) is 0 Å². The summed E-state index contributed by atoms with van der Waals surface area (Å²) in [5.74, 6) is -1.70. The van der Waals surface area contributed by atoms with E-state index in [2.05, 4.69) is 0 Å². The molecular formula is C13H14O4. The molecule has 0 radical (unpaired) electrons. The molecule has 0 amide bonds. The number of rotatable bonds is 3. The summed E-state index contributed by atoms with van der Waals surface area (Å²) in [6, 6.07) is 4.67. The highest BCUT2D eigenvalue weighted by Gasteiger charge is 2.20. The van der Waals surface area contributed by atoms with E-state index in [0.717, 1.165) is 0 Å². The number of benzene rings is 1. The largest absolute Gasteiger partial charge is 0.507 e. The molecule has 4 heteroatoms. The first-order valence-corrected chi connectivity index (χ1v) is 5.10. The van der Waals surface area contributed by atoms with Crippen molar-refractivity contribution in [2.75, 3.05) is 0 Å². The van der Waals surface area contributed by atoms with Gasteiger partial charge in [0.1, 0.15) is 17.1 Å². The smallest absolute Gasteiger partial charge is 0.167 e. The fourth-order valence-electron chi connectivity index (χ4n) is 1.67. The van der Waals surface area contributed by atoms with Crippen molar-refractivity contribution in [3.05, 3.63) is 34.9 Å². The topological polar surface area (TPSA) is 74.6 Å². The molecule has 0 spiro atoms. The van der Waals surface area contributed by atoms with Gasteiger partial charge in [-0.1, -0.05) is 12.1 Å². The molecule has 0 fully saturated rings. The van der Waals surface area contributed by atoms with Gasteiger partial charge in [-0.2, -0.15) is 0 Å². The van der Waals surface area contributed by atoms with Gasteiger partial charge in [0.05, 0.1) is 5.56 Å². The number of phenolic OH excluding ortho intramolecular Hbond substituents is 1. The van der Waals surface area contributed by atoms with Crippen molar-refractivity contribution in [1.82, 2.24) is 0 Å². The maximum atomic E-state index is 11.3. The fraction of sp³-hybridized carbons (Fsp3) is 0.231. The lowest BCUT2D eigenvalue weighted by Gasteiger charge is -2.10. The zero-order chi connectivity index (χ0) is 13.2. The molecule has 0 aliphatic rings. The normalized spacial score (nSPS) is 9.82. The van der Waals surface area contributed by atoms with Gasteiger partial charge in [0, 0.05) is 0 Å². The van der Waals surface area contributed by atoms with Gasteiger partial charge in [0.2, 0.25) is 0 Å². The number of phenols is 1. The number of ketones is 2. The van der Waals surface area contributed by atoms with Crippen molar-refractivity contribution < 1.29 is 19.8 Å². The number of carbonyl (C=O) groups excluding carboxylic acids is 2. The number of carbonyl (C=O) groups is 2. The van der Waals surface area contributed by atoms with Crippen LogP contribution in [0, 0.1) is 6.92 Å². The van der Waals surface area contributed by atoms with Gasteiger partial charge < -0.3 is 10.2 Å². The minimum absolute atomic E-state index is 0.118. The second kappa shape index (κ2) is 4.82. The Balaban J connectivity index is 3.56. The minimum atomic E-state index is -0.530. The summed E-state index contributed by atoms with van der Waals surface area (Å²) < 4.78 is 0. The first-order chi connectivity index (χ1) is 7.86. The third-order valence-corrected chi connectivity index (χ3v) is 2.43. The molecule has 1 aromatic carbocycles. The average molecular weight is 234 g/mol. The van der Waals surface area contributed by atoms with Crippen molar-refractivity contribution in [3.8, 4) is 5.75 Å². The van der Waals surface area contributed by atoms with Gasteiger partial charge >= 0.3 is 0 Å². The van der Waals surface area contributed by atoms with Crippen LogP contribution in [-0.4, -0.2) is 21.8 Å². The Hall–Kier alpha value is -2.10. The molecule has 0 bridgehead atoms. The highest BCUT2D eigenvalue weighted by atomic mass is 16.3. The van der Waals surface area contributed by atoms with Crippen molar-refractivity contribution in [1.29, 1.82) is 0 Å². The van der Waals surface area contributed by atoms with E-state index in [9.17, 15) is 19.8 Å². The zero-order valence-electron chi connectivity index (χ0n) is 9.94. The maximum absolute atomic E-state index is 11.3. The average Bonchev–Trinajstić information content (AvgIpc) is 2.15. The maximum Gasteiger partial charge on any atom is 0.167 e. The van der Waals surface area contributed by atoms with Crippen molar-refractivity contribution in [2.24, 2.45) is 0 Å². The molecule has 0 aliphatic carbocycles. The van der Waals surface area contributed by atoms with Gasteiger partial charge in [0.25, 0.3) is 0 Å². The lowest BCUT2D eigenvalue weighted by molar-refractivity contribution is -0.119. The van der Waals surface area contributed by atoms with Gasteiger partial charge in [-0.25, -0.2) is 0 Å². The number of allylic oxidation sites excluding steroid dienone is 1. The van der Waals surface area contributed by atoms with Crippen molar-refractivity contribution >= 4 is 17.3 Å². The third kappa shape index (κ3) is 2.53. The number of Topliss-reactive ketones (excluding diaryl/α,β-unsaturated/α-hetero) is 2. The van der Waals surface area contributed by atoms with Gasteiger partial charge in [-0.05, 0) is 32.4 Å². The monoisotopic (exact) mass is 234 g/mol. The fourth-order valence-corrected chi connectivity index (χ4v) is 1.67. The first kappa shape index (κ1) is 13.0. The molecule has 0 aliphatic heterocycles. The number of hydrogen-bond donors (Lipinski definition) is 2. The number of aromatic hydroxyl groups is 1. The summed E-state index contributed by atoms with van der Waals surface area (Å²) >= 11 is 0. The molecule has 90 valence electrons. The predicted octanol–water partition coefficient (Wildman–Crippen LogP) is 2.15. The van der Waals surface area contributed by atoms with E-state index in [1.54, 1.807) is 19.1 Å². The molecule has 1 rings (SSSR count). The zero-order valence-corrected chi connectivity index (χ0v) is 9.94. The van der Waals surface area contributed by atoms with E-state index in [0.29, 0.717) is 5.56 Å². The van der Waals surface area contributed by atoms with Crippen LogP contribution in [0.15, 0.2) is 23.8 Å². The van der Waals surface area contributed by atoms with E-state index >= 15 is 0 Å². The standard InChI is InChI=1S/C13H14O4/c1-7-5-4-6-10(16)11(7)13(17)12(8(2)14)9(3)15/h4-6,16-17H,1-3H3. The second-order valence-corrected chi connectivity index (χ2v) is 3.81. The molecule has 0 aromatic heterocycles. The minimum Gasteiger partial charge on any atom is -0.507 e. The Bertz CT molecular complexity index is 476. The number of aliphatic hydroxyl groups excluding tert-OH is 1. The second-order valence-electron chi connectivity index (χ2n) is 3.81. The highest BCUT2D eigenvalue weighted by Crippen LogP contribution is 2.29. The van der Waals surface area contributed by atoms with Gasteiger partial charge in [0.15, 0.2) is 11.6 Å². The lowest BCUT2D eigenvalue weighted by atomic mass is 9.98. The molecule has 0 heterocycles. The Morgan fingerprint density at radius 2 is 1.65 bits per heavy atom. The van der Waals surface area contributed by atoms with Crippen LogP contribution in [0.5, 0.6) is 5.75 Å². The predicted molar refractivity (Wildman–Crippen MR) is 63.8 cm³/mol. The summed E-state index contributed by atoms with van der Waals surface area (Å²) in [7, 11) is 0. The van der Waals surface area contributed by atoms with Crippen LogP contribution >= 0.6 is 0 Å². The van der Waals surface area contributed by atoms with Crippen molar-refractivity contribution in [2.45, 2.75) is 20.8 Å². The van der Waals surface area contributed by atoms with Gasteiger partial charge in [-0.15, -0.1) is 0 Å². The van der Waals surface area contributed by atoms with Crippen LogP contribution < -0.4 is 0 Å². The summed E-state index contributed by atoms with van der Waals surface area (Å²) in [5, 5.41) is 19.6. The molecule has 0 unspecified atom stereocenters. The molecule has 1 aromatic rings. The lowest BCUT2D eigenvalue weighted by Crippen LogP contribution is -2.10. The molecule has 0 saturated heterocycles. The Labute approximate surface area is 99.2 Å². The first-order valence-electron chi connectivity index (χ1n) is 5.10. The third-order valence-electron chi connectivity index (χ3n) is 2.43. The molecule has 2 N–H and O–H groups in total. The van der Waals surface area contributed by atoms with Crippen LogP contribution in [0.1, 0.15) is 25.0 Å². The molecular weight excluding hydrogens is 220 g/mol. The summed E-state index contributed by atoms with van der Waals surface area (Å²) in [5.41, 5.74) is 0.407. The van der Waals surface area contributed by atoms with E-state index < -0.39 is 17.3 Å². The van der Waals surface area contributed by atoms with Crippen molar-refractivity contribution in [3.63, 3.8) is 0 Å². The SMILES string of the molecule is CC(=O)C(C(C)=O)=C(O)c1c(C)cccc1O. The van der Waals surface area contributed by atoms with E-state index in [1.165, 1.54) is 19.9 Å². The van der Waals surface area contributed by atoms with Crippen LogP contribution in [0.25, 0.3) is 5.76 Å².